The molecule has 6 nitrogen and oxygen atoms in total. The molecular formula is C24H33N3O3S. The average molecular weight is 444 g/mol. The number of likely N-dealkylation sites (tertiary alicyclic amines) is 1. The summed E-state index contributed by atoms with van der Waals surface area (Å²) in [4.78, 5) is 15.3. The van der Waals surface area contributed by atoms with Gasteiger partial charge in [-0.25, -0.2) is 8.42 Å². The molecular weight excluding hydrogens is 410 g/mol. The molecule has 0 saturated carbocycles. The lowest BCUT2D eigenvalue weighted by molar-refractivity contribution is -0.119. The van der Waals surface area contributed by atoms with Crippen molar-refractivity contribution in [1.82, 2.24) is 10.2 Å². The van der Waals surface area contributed by atoms with E-state index in [4.69, 9.17) is 0 Å². The second kappa shape index (κ2) is 10.8. The van der Waals surface area contributed by atoms with Crippen molar-refractivity contribution in [1.29, 1.82) is 0 Å². The SMILES string of the molecule is Cc1cc(C)cc(N(CC(=O)NCCCN2CCCCC2)S(=O)(=O)c2ccccc2)c1. The van der Waals surface area contributed by atoms with Gasteiger partial charge in [0.05, 0.1) is 10.6 Å². The molecule has 3 rings (SSSR count). The first kappa shape index (κ1) is 23.3. The Balaban J connectivity index is 1.70. The summed E-state index contributed by atoms with van der Waals surface area (Å²) in [6, 6.07) is 13.9. The van der Waals surface area contributed by atoms with Gasteiger partial charge in [0.15, 0.2) is 0 Å². The molecule has 2 aromatic rings. The Bertz CT molecular complexity index is 951. The minimum Gasteiger partial charge on any atom is -0.354 e. The lowest BCUT2D eigenvalue weighted by Crippen LogP contribution is -2.41. The van der Waals surface area contributed by atoms with Gasteiger partial charge in [0.2, 0.25) is 5.91 Å². The van der Waals surface area contributed by atoms with Crippen LogP contribution in [0.4, 0.5) is 5.69 Å². The van der Waals surface area contributed by atoms with E-state index in [-0.39, 0.29) is 17.3 Å². The minimum absolute atomic E-state index is 0.173. The first-order chi connectivity index (χ1) is 14.9. The Morgan fingerprint density at radius 3 is 2.29 bits per heavy atom. The van der Waals surface area contributed by atoms with Gasteiger partial charge in [-0.15, -0.1) is 0 Å². The van der Waals surface area contributed by atoms with Crippen LogP contribution in [-0.2, 0) is 14.8 Å². The van der Waals surface area contributed by atoms with E-state index < -0.39 is 10.0 Å². The number of hydrogen-bond acceptors (Lipinski definition) is 4. The van der Waals surface area contributed by atoms with E-state index in [2.05, 4.69) is 10.2 Å². The van der Waals surface area contributed by atoms with Gasteiger partial charge in [-0.2, -0.15) is 0 Å². The third-order valence-corrected chi connectivity index (χ3v) is 7.32. The number of aryl methyl sites for hydroxylation is 2. The average Bonchev–Trinajstić information content (AvgIpc) is 2.75. The Morgan fingerprint density at radius 2 is 1.65 bits per heavy atom. The lowest BCUT2D eigenvalue weighted by atomic mass is 10.1. The van der Waals surface area contributed by atoms with E-state index in [9.17, 15) is 13.2 Å². The van der Waals surface area contributed by atoms with Crippen molar-refractivity contribution in [3.05, 3.63) is 59.7 Å². The molecule has 1 amide bonds. The zero-order chi connectivity index (χ0) is 22.3. The first-order valence-corrected chi connectivity index (χ1v) is 12.5. The third kappa shape index (κ3) is 6.55. The number of carbonyl (C=O) groups excluding carboxylic acids is 1. The Kier molecular flexibility index (Phi) is 8.09. The van der Waals surface area contributed by atoms with E-state index in [0.29, 0.717) is 12.2 Å². The quantitative estimate of drug-likeness (QED) is 0.603. The van der Waals surface area contributed by atoms with E-state index in [1.54, 1.807) is 42.5 Å². The molecule has 0 aromatic heterocycles. The number of carbonyl (C=O) groups is 1. The monoisotopic (exact) mass is 443 g/mol. The van der Waals surface area contributed by atoms with Gasteiger partial charge in [-0.05, 0) is 88.1 Å². The third-order valence-electron chi connectivity index (χ3n) is 5.53. The van der Waals surface area contributed by atoms with Crippen LogP contribution in [0.2, 0.25) is 0 Å². The van der Waals surface area contributed by atoms with Gasteiger partial charge in [0.1, 0.15) is 6.54 Å². The highest BCUT2D eigenvalue weighted by Crippen LogP contribution is 2.25. The van der Waals surface area contributed by atoms with Crippen molar-refractivity contribution in [2.24, 2.45) is 0 Å². The molecule has 168 valence electrons. The summed E-state index contributed by atoms with van der Waals surface area (Å²) in [5.74, 6) is -0.294. The molecule has 0 atom stereocenters. The standard InChI is InChI=1S/C24H33N3O3S/c1-20-16-21(2)18-22(17-20)27(31(29,30)23-10-5-3-6-11-23)19-24(28)25-12-9-15-26-13-7-4-8-14-26/h3,5-6,10-11,16-18H,4,7-9,12-15,19H2,1-2H3,(H,25,28). The molecule has 1 saturated heterocycles. The topological polar surface area (TPSA) is 69.7 Å². The number of anilines is 1. The maximum Gasteiger partial charge on any atom is 0.264 e. The Labute approximate surface area is 186 Å². The highest BCUT2D eigenvalue weighted by Gasteiger charge is 2.27. The van der Waals surface area contributed by atoms with Crippen LogP contribution in [0.15, 0.2) is 53.4 Å². The summed E-state index contributed by atoms with van der Waals surface area (Å²) >= 11 is 0. The van der Waals surface area contributed by atoms with Crippen LogP contribution in [0.25, 0.3) is 0 Å². The summed E-state index contributed by atoms with van der Waals surface area (Å²) in [5, 5.41) is 2.90. The number of hydrogen-bond donors (Lipinski definition) is 1. The van der Waals surface area contributed by atoms with E-state index in [1.807, 2.05) is 19.9 Å². The maximum absolute atomic E-state index is 13.4. The predicted molar refractivity (Wildman–Crippen MR) is 125 cm³/mol. The zero-order valence-corrected chi connectivity index (χ0v) is 19.3. The van der Waals surface area contributed by atoms with E-state index in [1.165, 1.54) is 23.6 Å². The number of nitrogens with zero attached hydrogens (tertiary/aromatic N) is 2. The molecule has 0 radical (unpaired) electrons. The van der Waals surface area contributed by atoms with Crippen LogP contribution < -0.4 is 9.62 Å². The molecule has 1 N–H and O–H groups in total. The van der Waals surface area contributed by atoms with Crippen LogP contribution in [0.3, 0.4) is 0 Å². The van der Waals surface area contributed by atoms with E-state index >= 15 is 0 Å². The summed E-state index contributed by atoms with van der Waals surface area (Å²) in [5.41, 5.74) is 2.40. The number of sulfonamides is 1. The summed E-state index contributed by atoms with van der Waals surface area (Å²) in [6.07, 6.45) is 4.65. The van der Waals surface area contributed by atoms with Gasteiger partial charge in [0, 0.05) is 6.54 Å². The van der Waals surface area contributed by atoms with Gasteiger partial charge >= 0.3 is 0 Å². The Morgan fingerprint density at radius 1 is 1.00 bits per heavy atom. The maximum atomic E-state index is 13.4. The number of amides is 1. The number of piperidine rings is 1. The fourth-order valence-electron chi connectivity index (χ4n) is 4.03. The van der Waals surface area contributed by atoms with Crippen molar-refractivity contribution in [3.63, 3.8) is 0 Å². The molecule has 1 fully saturated rings. The molecule has 2 aromatic carbocycles. The van der Waals surface area contributed by atoms with Crippen molar-refractivity contribution in [2.75, 3.05) is 37.0 Å². The molecule has 0 spiro atoms. The van der Waals surface area contributed by atoms with Crippen molar-refractivity contribution < 1.29 is 13.2 Å². The van der Waals surface area contributed by atoms with Gasteiger partial charge < -0.3 is 10.2 Å². The minimum atomic E-state index is -3.87. The fraction of sp³-hybridized carbons (Fsp3) is 0.458. The molecule has 1 aliphatic heterocycles. The zero-order valence-electron chi connectivity index (χ0n) is 18.5. The van der Waals surface area contributed by atoms with Crippen molar-refractivity contribution in [3.8, 4) is 0 Å². The largest absolute Gasteiger partial charge is 0.354 e. The van der Waals surface area contributed by atoms with Gasteiger partial charge in [-0.1, -0.05) is 30.7 Å². The van der Waals surface area contributed by atoms with Crippen LogP contribution in [0.5, 0.6) is 0 Å². The molecule has 0 bridgehead atoms. The molecule has 31 heavy (non-hydrogen) atoms. The van der Waals surface area contributed by atoms with Crippen LogP contribution in [0.1, 0.15) is 36.8 Å². The van der Waals surface area contributed by atoms with Crippen molar-refractivity contribution in [2.45, 2.75) is 44.4 Å². The van der Waals surface area contributed by atoms with E-state index in [0.717, 1.165) is 37.2 Å². The summed E-state index contributed by atoms with van der Waals surface area (Å²) in [7, 11) is -3.87. The molecule has 1 aliphatic rings. The molecule has 0 unspecified atom stereocenters. The van der Waals surface area contributed by atoms with Gasteiger partial charge in [0.25, 0.3) is 10.0 Å². The molecule has 7 heteroatoms. The fourth-order valence-corrected chi connectivity index (χ4v) is 5.45. The number of nitrogens with one attached hydrogen (secondary N) is 1. The normalized spacial score (nSPS) is 14.9. The first-order valence-electron chi connectivity index (χ1n) is 11.0. The van der Waals surface area contributed by atoms with Crippen LogP contribution in [0, 0.1) is 13.8 Å². The predicted octanol–water partition coefficient (Wildman–Crippen LogP) is 3.49. The second-order valence-electron chi connectivity index (χ2n) is 8.28. The van der Waals surface area contributed by atoms with Crippen LogP contribution >= 0.6 is 0 Å². The Hall–Kier alpha value is -2.38. The highest BCUT2D eigenvalue weighted by molar-refractivity contribution is 7.92. The second-order valence-corrected chi connectivity index (χ2v) is 10.1. The highest BCUT2D eigenvalue weighted by atomic mass is 32.2. The molecule has 1 heterocycles. The summed E-state index contributed by atoms with van der Waals surface area (Å²) < 4.78 is 27.9. The number of benzene rings is 2. The summed E-state index contributed by atoms with van der Waals surface area (Å²) in [6.45, 7) is 7.36. The molecule has 0 aliphatic carbocycles. The lowest BCUT2D eigenvalue weighted by Gasteiger charge is -2.26. The van der Waals surface area contributed by atoms with Crippen LogP contribution in [-0.4, -0.2) is 51.9 Å². The van der Waals surface area contributed by atoms with Crippen molar-refractivity contribution >= 4 is 21.6 Å². The smallest absolute Gasteiger partial charge is 0.264 e. The van der Waals surface area contributed by atoms with Gasteiger partial charge in [-0.3, -0.25) is 9.10 Å². The number of rotatable bonds is 9.